The van der Waals surface area contributed by atoms with Gasteiger partial charge in [0.05, 0.1) is 0 Å². The summed E-state index contributed by atoms with van der Waals surface area (Å²) in [6, 6.07) is 11.6. The quantitative estimate of drug-likeness (QED) is 0.574. The molecule has 1 aromatic heterocycles. The molecule has 4 nitrogen and oxygen atoms in total. The summed E-state index contributed by atoms with van der Waals surface area (Å²) in [7, 11) is 0. The minimum atomic E-state index is 0.671. The average Bonchev–Trinajstić information content (AvgIpc) is 2.95. The Kier molecular flexibility index (Phi) is 5.88. The van der Waals surface area contributed by atoms with Crippen molar-refractivity contribution in [3.05, 3.63) is 53.9 Å². The first-order chi connectivity index (χ1) is 12.8. The lowest BCUT2D eigenvalue weighted by Gasteiger charge is -2.36. The van der Waals surface area contributed by atoms with Crippen molar-refractivity contribution in [1.29, 1.82) is 0 Å². The minimum Gasteiger partial charge on any atom is -0.297 e. The number of benzene rings is 1. The van der Waals surface area contributed by atoms with E-state index in [4.69, 9.17) is 0 Å². The van der Waals surface area contributed by atoms with Crippen LogP contribution in [0, 0.1) is 5.92 Å². The molecule has 3 fully saturated rings. The zero-order chi connectivity index (χ0) is 17.8. The van der Waals surface area contributed by atoms with Crippen molar-refractivity contribution in [2.45, 2.75) is 44.1 Å². The first-order valence-corrected chi connectivity index (χ1v) is 10.7. The van der Waals surface area contributed by atoms with E-state index in [2.05, 4.69) is 57.0 Å². The molecule has 26 heavy (non-hydrogen) atoms. The maximum Gasteiger partial charge on any atom is 0.187 e. The molecule has 0 amide bonds. The maximum atomic E-state index is 4.50. The smallest absolute Gasteiger partial charge is 0.187 e. The Morgan fingerprint density at radius 3 is 2.54 bits per heavy atom. The number of thioether (sulfide) groups is 1. The molecular weight excluding hydrogens is 340 g/mol. The fourth-order valence-corrected chi connectivity index (χ4v) is 4.82. The average molecular weight is 369 g/mol. The molecule has 2 aromatic rings. The van der Waals surface area contributed by atoms with Gasteiger partial charge in [0.1, 0.15) is 0 Å². The lowest BCUT2D eigenvalue weighted by atomic mass is 9.94. The van der Waals surface area contributed by atoms with Gasteiger partial charge in [0.25, 0.3) is 0 Å². The van der Waals surface area contributed by atoms with Gasteiger partial charge >= 0.3 is 0 Å². The molecule has 3 aliphatic rings. The van der Waals surface area contributed by atoms with Gasteiger partial charge in [0.2, 0.25) is 0 Å². The summed E-state index contributed by atoms with van der Waals surface area (Å²) in [5, 5.41) is 0.890. The Balaban J connectivity index is 1.39. The van der Waals surface area contributed by atoms with Crippen LogP contribution in [0.15, 0.2) is 47.9 Å². The first kappa shape index (κ1) is 18.0. The Hall–Kier alpha value is -1.43. The van der Waals surface area contributed by atoms with Crippen molar-refractivity contribution in [2.24, 2.45) is 5.92 Å². The van der Waals surface area contributed by atoms with Crippen LogP contribution in [0.4, 0.5) is 0 Å². The summed E-state index contributed by atoms with van der Waals surface area (Å²) >= 11 is 1.70. The second-order valence-electron chi connectivity index (χ2n) is 7.51. The second-order valence-corrected chi connectivity index (χ2v) is 8.74. The molecule has 3 aliphatic heterocycles. The van der Waals surface area contributed by atoms with Gasteiger partial charge < -0.3 is 0 Å². The van der Waals surface area contributed by atoms with E-state index < -0.39 is 0 Å². The topological polar surface area (TPSA) is 32.3 Å². The molecule has 138 valence electrons. The summed E-state index contributed by atoms with van der Waals surface area (Å²) in [4.78, 5) is 14.3. The summed E-state index contributed by atoms with van der Waals surface area (Å²) < 4.78 is 0. The molecule has 0 N–H and O–H groups in total. The summed E-state index contributed by atoms with van der Waals surface area (Å²) in [5.74, 6) is 1.81. The molecule has 3 saturated heterocycles. The second kappa shape index (κ2) is 8.51. The Morgan fingerprint density at radius 1 is 0.962 bits per heavy atom. The van der Waals surface area contributed by atoms with Crippen molar-refractivity contribution < 1.29 is 0 Å². The third kappa shape index (κ3) is 4.45. The van der Waals surface area contributed by atoms with Gasteiger partial charge in [-0.15, -0.1) is 0 Å². The van der Waals surface area contributed by atoms with Crippen LogP contribution in [0.1, 0.15) is 30.9 Å². The van der Waals surface area contributed by atoms with Gasteiger partial charge in [0, 0.05) is 56.7 Å². The minimum absolute atomic E-state index is 0.671. The lowest BCUT2D eigenvalue weighted by molar-refractivity contribution is 0.123. The van der Waals surface area contributed by atoms with Crippen LogP contribution in [0.3, 0.4) is 0 Å². The highest BCUT2D eigenvalue weighted by molar-refractivity contribution is 7.99. The van der Waals surface area contributed by atoms with E-state index in [9.17, 15) is 0 Å². The van der Waals surface area contributed by atoms with E-state index in [1.807, 2.05) is 12.4 Å². The van der Waals surface area contributed by atoms with Crippen LogP contribution in [0.5, 0.6) is 0 Å². The van der Waals surface area contributed by atoms with E-state index in [1.54, 1.807) is 11.8 Å². The number of fused-ring (bicyclic) bond motifs is 4. The SMILES string of the molecule is CCSc1ncc(CN2C[C@H]3CC[C@@H](C2)N(Cc2ccccc2)C3)cn1. The van der Waals surface area contributed by atoms with Crippen LogP contribution in [-0.4, -0.2) is 51.2 Å². The predicted octanol–water partition coefficient (Wildman–Crippen LogP) is 3.69. The molecule has 1 aromatic carbocycles. The third-order valence-corrected chi connectivity index (χ3v) is 6.25. The molecule has 5 rings (SSSR count). The summed E-state index contributed by atoms with van der Waals surface area (Å²) in [5.41, 5.74) is 2.67. The number of piperidine rings is 1. The number of hydrogen-bond acceptors (Lipinski definition) is 5. The van der Waals surface area contributed by atoms with E-state index >= 15 is 0 Å². The van der Waals surface area contributed by atoms with Gasteiger partial charge in [-0.05, 0) is 30.1 Å². The monoisotopic (exact) mass is 368 g/mol. The van der Waals surface area contributed by atoms with E-state index in [0.717, 1.165) is 36.5 Å². The highest BCUT2D eigenvalue weighted by Gasteiger charge is 2.34. The van der Waals surface area contributed by atoms with E-state index in [0.29, 0.717) is 6.04 Å². The molecule has 0 unspecified atom stereocenters. The standard InChI is InChI=1S/C21H28N4S/c1-2-26-21-22-10-19(11-23-21)13-24-12-18-8-9-20(16-24)25(15-18)14-17-6-4-3-5-7-17/h3-7,10-11,18,20H,2,8-9,12-16H2,1H3/t18-,20+/m1/s1. The van der Waals surface area contributed by atoms with Crippen molar-refractivity contribution in [2.75, 3.05) is 25.4 Å². The third-order valence-electron chi connectivity index (χ3n) is 5.49. The van der Waals surface area contributed by atoms with Crippen molar-refractivity contribution in [3.63, 3.8) is 0 Å². The maximum absolute atomic E-state index is 4.50. The summed E-state index contributed by atoms with van der Waals surface area (Å²) in [6.45, 7) is 7.79. The van der Waals surface area contributed by atoms with Gasteiger partial charge in [-0.2, -0.15) is 0 Å². The van der Waals surface area contributed by atoms with Crippen molar-refractivity contribution >= 4 is 11.8 Å². The molecule has 0 radical (unpaired) electrons. The van der Waals surface area contributed by atoms with Gasteiger partial charge in [-0.1, -0.05) is 49.0 Å². The molecule has 5 heteroatoms. The molecule has 0 saturated carbocycles. The molecule has 0 aliphatic carbocycles. The molecule has 4 heterocycles. The highest BCUT2D eigenvalue weighted by atomic mass is 32.2. The normalized spacial score (nSPS) is 23.9. The molecule has 2 bridgehead atoms. The number of aromatic nitrogens is 2. The number of rotatable bonds is 6. The van der Waals surface area contributed by atoms with Crippen molar-refractivity contribution in [1.82, 2.24) is 19.8 Å². The molecule has 2 atom stereocenters. The zero-order valence-electron chi connectivity index (χ0n) is 15.6. The molecule has 0 spiro atoms. The Bertz CT molecular complexity index is 691. The van der Waals surface area contributed by atoms with Gasteiger partial charge in [-0.3, -0.25) is 9.80 Å². The fourth-order valence-electron chi connectivity index (χ4n) is 4.30. The highest BCUT2D eigenvalue weighted by Crippen LogP contribution is 2.30. The van der Waals surface area contributed by atoms with Crippen LogP contribution >= 0.6 is 11.8 Å². The first-order valence-electron chi connectivity index (χ1n) is 9.74. The fraction of sp³-hybridized carbons (Fsp3) is 0.524. The van der Waals surface area contributed by atoms with Crippen LogP contribution in [0.2, 0.25) is 0 Å². The predicted molar refractivity (Wildman–Crippen MR) is 107 cm³/mol. The Labute approximate surface area is 161 Å². The van der Waals surface area contributed by atoms with E-state index in [1.165, 1.54) is 37.1 Å². The lowest BCUT2D eigenvalue weighted by Crippen LogP contribution is -2.43. The number of hydrogen-bond donors (Lipinski definition) is 0. The summed E-state index contributed by atoms with van der Waals surface area (Å²) in [6.07, 6.45) is 6.73. The van der Waals surface area contributed by atoms with Gasteiger partial charge in [0.15, 0.2) is 5.16 Å². The Morgan fingerprint density at radius 2 is 1.77 bits per heavy atom. The van der Waals surface area contributed by atoms with Crippen LogP contribution < -0.4 is 0 Å². The van der Waals surface area contributed by atoms with Gasteiger partial charge in [-0.25, -0.2) is 9.97 Å². The van der Waals surface area contributed by atoms with E-state index in [-0.39, 0.29) is 0 Å². The molecular formula is C21H28N4S. The zero-order valence-corrected chi connectivity index (χ0v) is 16.4. The van der Waals surface area contributed by atoms with Crippen LogP contribution in [0.25, 0.3) is 0 Å². The van der Waals surface area contributed by atoms with Crippen LogP contribution in [-0.2, 0) is 13.1 Å². The largest absolute Gasteiger partial charge is 0.297 e. The van der Waals surface area contributed by atoms with Crippen molar-refractivity contribution in [3.8, 4) is 0 Å². The number of nitrogens with zero attached hydrogens (tertiary/aromatic N) is 4.